The third-order valence-electron chi connectivity index (χ3n) is 3.59. The normalized spacial score (nSPS) is 23.8. The Morgan fingerprint density at radius 1 is 1.30 bits per heavy atom. The Bertz CT molecular complexity index is 617. The highest BCUT2D eigenvalue weighted by Crippen LogP contribution is 2.36. The van der Waals surface area contributed by atoms with Crippen LogP contribution in [0, 0.1) is 0 Å². The number of sulfone groups is 1. The van der Waals surface area contributed by atoms with Crippen molar-refractivity contribution >= 4 is 25.8 Å². The van der Waals surface area contributed by atoms with E-state index in [4.69, 9.17) is 9.47 Å². The number of hydrogen-bond donors (Lipinski definition) is 1. The summed E-state index contributed by atoms with van der Waals surface area (Å²) in [6, 6.07) is 3.85. The van der Waals surface area contributed by atoms with E-state index in [0.717, 1.165) is 34.4 Å². The molecule has 5 nitrogen and oxygen atoms in total. The van der Waals surface area contributed by atoms with E-state index in [1.54, 1.807) is 0 Å². The molecule has 110 valence electrons. The first-order valence-corrected chi connectivity index (χ1v) is 9.17. The molecule has 2 aliphatic rings. The van der Waals surface area contributed by atoms with Gasteiger partial charge >= 0.3 is 0 Å². The predicted molar refractivity (Wildman–Crippen MR) is 78.8 cm³/mol. The van der Waals surface area contributed by atoms with Gasteiger partial charge in [-0.25, -0.2) is 8.42 Å². The van der Waals surface area contributed by atoms with Crippen LogP contribution in [0.4, 0.5) is 0 Å². The number of nitrogens with one attached hydrogen (secondary N) is 1. The lowest BCUT2D eigenvalue weighted by atomic mass is 10.1. The van der Waals surface area contributed by atoms with Crippen LogP contribution in [0.1, 0.15) is 18.4 Å². The molecule has 1 fully saturated rings. The third kappa shape index (κ3) is 3.10. The highest BCUT2D eigenvalue weighted by molar-refractivity contribution is 9.10. The van der Waals surface area contributed by atoms with Crippen molar-refractivity contribution in [3.8, 4) is 11.5 Å². The number of hydrogen-bond acceptors (Lipinski definition) is 5. The Morgan fingerprint density at radius 3 is 2.80 bits per heavy atom. The van der Waals surface area contributed by atoms with E-state index < -0.39 is 9.84 Å². The topological polar surface area (TPSA) is 64.6 Å². The Hall–Kier alpha value is -0.790. The molecular formula is C13H16BrNO4S. The highest BCUT2D eigenvalue weighted by Gasteiger charge is 2.24. The van der Waals surface area contributed by atoms with Crippen molar-refractivity contribution in [3.05, 3.63) is 22.2 Å². The first kappa shape index (κ1) is 14.2. The van der Waals surface area contributed by atoms with Crippen LogP contribution in [-0.4, -0.2) is 32.8 Å². The second-order valence-corrected chi connectivity index (χ2v) is 8.21. The Labute approximate surface area is 126 Å². The van der Waals surface area contributed by atoms with Gasteiger partial charge in [-0.3, -0.25) is 0 Å². The number of fused-ring (bicyclic) bond motifs is 1. The van der Waals surface area contributed by atoms with Crippen molar-refractivity contribution in [2.24, 2.45) is 0 Å². The summed E-state index contributed by atoms with van der Waals surface area (Å²) in [6.07, 6.45) is 1.64. The molecule has 20 heavy (non-hydrogen) atoms. The van der Waals surface area contributed by atoms with Crippen LogP contribution >= 0.6 is 15.9 Å². The van der Waals surface area contributed by atoms with Crippen molar-refractivity contribution in [1.29, 1.82) is 0 Å². The zero-order valence-corrected chi connectivity index (χ0v) is 13.3. The molecule has 2 heterocycles. The first-order chi connectivity index (χ1) is 9.53. The number of rotatable bonds is 3. The van der Waals surface area contributed by atoms with Gasteiger partial charge in [0.2, 0.25) is 6.79 Å². The highest BCUT2D eigenvalue weighted by atomic mass is 79.9. The van der Waals surface area contributed by atoms with Crippen LogP contribution in [0.15, 0.2) is 16.6 Å². The molecular weight excluding hydrogens is 346 g/mol. The third-order valence-corrected chi connectivity index (χ3v) is 6.14. The maximum absolute atomic E-state index is 11.6. The average molecular weight is 362 g/mol. The average Bonchev–Trinajstić information content (AvgIpc) is 2.82. The molecule has 0 amide bonds. The lowest BCUT2D eigenvalue weighted by Crippen LogP contribution is -2.39. The largest absolute Gasteiger partial charge is 0.454 e. The minimum Gasteiger partial charge on any atom is -0.454 e. The minimum atomic E-state index is -2.87. The van der Waals surface area contributed by atoms with E-state index in [2.05, 4.69) is 21.2 Å². The van der Waals surface area contributed by atoms with Gasteiger partial charge in [-0.05, 0) is 30.5 Å². The molecule has 0 aromatic heterocycles. The summed E-state index contributed by atoms with van der Waals surface area (Å²) in [5, 5.41) is 3.32. The van der Waals surface area contributed by atoms with Gasteiger partial charge in [0.05, 0.1) is 11.5 Å². The molecule has 1 aromatic carbocycles. The van der Waals surface area contributed by atoms with Crippen molar-refractivity contribution in [2.75, 3.05) is 18.3 Å². The zero-order valence-electron chi connectivity index (χ0n) is 10.9. The fourth-order valence-corrected chi connectivity index (χ4v) is 4.67. The van der Waals surface area contributed by atoms with E-state index in [0.29, 0.717) is 12.3 Å². The summed E-state index contributed by atoms with van der Waals surface area (Å²) in [5.41, 5.74) is 1.04. The molecule has 1 unspecified atom stereocenters. The lowest BCUT2D eigenvalue weighted by molar-refractivity contribution is 0.174. The molecule has 1 aromatic rings. The Balaban J connectivity index is 1.67. The molecule has 0 spiro atoms. The fourth-order valence-electron chi connectivity index (χ4n) is 2.53. The number of benzene rings is 1. The second kappa shape index (κ2) is 5.54. The smallest absolute Gasteiger partial charge is 0.231 e. The summed E-state index contributed by atoms with van der Waals surface area (Å²) < 4.78 is 34.8. The Kier molecular flexibility index (Phi) is 3.92. The van der Waals surface area contributed by atoms with Crippen LogP contribution in [0.3, 0.4) is 0 Å². The summed E-state index contributed by atoms with van der Waals surface area (Å²) in [4.78, 5) is 0. The van der Waals surface area contributed by atoms with Gasteiger partial charge < -0.3 is 14.8 Å². The fraction of sp³-hybridized carbons (Fsp3) is 0.538. The molecule has 1 saturated heterocycles. The summed E-state index contributed by atoms with van der Waals surface area (Å²) >= 11 is 3.50. The van der Waals surface area contributed by atoms with Crippen molar-refractivity contribution in [3.63, 3.8) is 0 Å². The number of ether oxygens (including phenoxy) is 2. The lowest BCUT2D eigenvalue weighted by Gasteiger charge is -2.23. The van der Waals surface area contributed by atoms with Gasteiger partial charge in [0.25, 0.3) is 0 Å². The molecule has 7 heteroatoms. The number of halogens is 1. The predicted octanol–water partition coefficient (Wildman–Crippen LogP) is 1.84. The van der Waals surface area contributed by atoms with Gasteiger partial charge in [-0.15, -0.1) is 0 Å². The van der Waals surface area contributed by atoms with Crippen molar-refractivity contribution in [2.45, 2.75) is 25.4 Å². The van der Waals surface area contributed by atoms with Gasteiger partial charge in [0.15, 0.2) is 21.3 Å². The molecule has 0 radical (unpaired) electrons. The molecule has 3 rings (SSSR count). The minimum absolute atomic E-state index is 0.0334. The first-order valence-electron chi connectivity index (χ1n) is 6.55. The monoisotopic (exact) mass is 361 g/mol. The second-order valence-electron chi connectivity index (χ2n) is 5.13. The van der Waals surface area contributed by atoms with E-state index in [9.17, 15) is 8.42 Å². The standard InChI is InChI=1S/C13H16BrNO4S/c14-11-5-13-12(18-8-19-13)4-9(11)6-15-10-2-1-3-20(16,17)7-10/h4-5,10,15H,1-3,6-8H2. The van der Waals surface area contributed by atoms with E-state index in [1.807, 2.05) is 12.1 Å². The van der Waals surface area contributed by atoms with Gasteiger partial charge in [-0.1, -0.05) is 15.9 Å². The Morgan fingerprint density at radius 2 is 2.05 bits per heavy atom. The van der Waals surface area contributed by atoms with E-state index in [-0.39, 0.29) is 18.6 Å². The van der Waals surface area contributed by atoms with Crippen LogP contribution < -0.4 is 14.8 Å². The van der Waals surface area contributed by atoms with E-state index in [1.165, 1.54) is 0 Å². The van der Waals surface area contributed by atoms with Crippen molar-refractivity contribution in [1.82, 2.24) is 5.32 Å². The maximum atomic E-state index is 11.6. The van der Waals surface area contributed by atoms with Crippen LogP contribution in [0.2, 0.25) is 0 Å². The molecule has 0 saturated carbocycles. The quantitative estimate of drug-likeness (QED) is 0.889. The molecule has 1 N–H and O–H groups in total. The summed E-state index contributed by atoms with van der Waals surface area (Å²) in [7, 11) is -2.87. The van der Waals surface area contributed by atoms with Gasteiger partial charge in [0.1, 0.15) is 0 Å². The molecule has 2 aliphatic heterocycles. The van der Waals surface area contributed by atoms with E-state index >= 15 is 0 Å². The summed E-state index contributed by atoms with van der Waals surface area (Å²) in [6.45, 7) is 0.858. The SMILES string of the molecule is O=S1(=O)CCCC(NCc2cc3c(cc2Br)OCO3)C1. The van der Waals surface area contributed by atoms with Gasteiger partial charge in [-0.2, -0.15) is 0 Å². The molecule has 0 bridgehead atoms. The molecule has 0 aliphatic carbocycles. The molecule has 1 atom stereocenters. The summed E-state index contributed by atoms with van der Waals surface area (Å²) in [5.74, 6) is 2.02. The zero-order chi connectivity index (χ0) is 14.2. The van der Waals surface area contributed by atoms with Crippen molar-refractivity contribution < 1.29 is 17.9 Å². The van der Waals surface area contributed by atoms with Crippen LogP contribution in [0.25, 0.3) is 0 Å². The van der Waals surface area contributed by atoms with Crippen LogP contribution in [-0.2, 0) is 16.4 Å². The van der Waals surface area contributed by atoms with Crippen LogP contribution in [0.5, 0.6) is 11.5 Å². The van der Waals surface area contributed by atoms with Gasteiger partial charge in [0, 0.05) is 17.1 Å². The maximum Gasteiger partial charge on any atom is 0.231 e.